The van der Waals surface area contributed by atoms with Crippen molar-refractivity contribution in [3.05, 3.63) is 24.5 Å². The van der Waals surface area contributed by atoms with Crippen molar-refractivity contribution in [2.45, 2.75) is 0 Å². The minimum Gasteiger partial charge on any atom is -0.396 e. The molecule has 0 aliphatic carbocycles. The fourth-order valence-electron chi connectivity index (χ4n) is 1.02. The van der Waals surface area contributed by atoms with Crippen LogP contribution in [0, 0.1) is 0 Å². The van der Waals surface area contributed by atoms with Crippen LogP contribution in [0.5, 0.6) is 0 Å². The molecule has 66 valence electrons. The van der Waals surface area contributed by atoms with E-state index in [0.717, 1.165) is 0 Å². The number of hydrogen-bond acceptors (Lipinski definition) is 4. The third-order valence-electron chi connectivity index (χ3n) is 1.70. The van der Waals surface area contributed by atoms with Crippen LogP contribution in [0.4, 0.5) is 11.5 Å². The molecule has 0 aromatic carbocycles. The molecule has 13 heavy (non-hydrogen) atoms. The van der Waals surface area contributed by atoms with Gasteiger partial charge in [0.25, 0.3) is 0 Å². The van der Waals surface area contributed by atoms with Gasteiger partial charge < -0.3 is 16.5 Å². The lowest BCUT2D eigenvalue weighted by Crippen LogP contribution is -1.98. The van der Waals surface area contributed by atoms with Crippen LogP contribution in [-0.4, -0.2) is 15.0 Å². The van der Waals surface area contributed by atoms with Crippen LogP contribution in [0.25, 0.3) is 11.5 Å². The van der Waals surface area contributed by atoms with E-state index in [0.29, 0.717) is 23.0 Å². The SMILES string of the molecule is Nc1ccc(-c2ncc[nH]2)nc1N. The summed E-state index contributed by atoms with van der Waals surface area (Å²) in [6, 6.07) is 3.48. The summed E-state index contributed by atoms with van der Waals surface area (Å²) in [7, 11) is 0. The van der Waals surface area contributed by atoms with Crippen molar-refractivity contribution in [2.24, 2.45) is 0 Å². The van der Waals surface area contributed by atoms with Gasteiger partial charge in [0.1, 0.15) is 11.5 Å². The van der Waals surface area contributed by atoms with Crippen molar-refractivity contribution in [2.75, 3.05) is 11.5 Å². The van der Waals surface area contributed by atoms with Gasteiger partial charge in [0.15, 0.2) is 5.82 Å². The second kappa shape index (κ2) is 2.78. The average Bonchev–Trinajstić information content (AvgIpc) is 2.62. The highest BCUT2D eigenvalue weighted by atomic mass is 15.0. The molecule has 2 heterocycles. The number of aromatic nitrogens is 3. The number of aromatic amines is 1. The molecule has 2 aromatic rings. The fraction of sp³-hybridized carbons (Fsp3) is 0. The van der Waals surface area contributed by atoms with E-state index < -0.39 is 0 Å². The Morgan fingerprint density at radius 2 is 2.08 bits per heavy atom. The van der Waals surface area contributed by atoms with Crippen molar-refractivity contribution < 1.29 is 0 Å². The summed E-state index contributed by atoms with van der Waals surface area (Å²) in [5, 5.41) is 0. The first-order valence-electron chi connectivity index (χ1n) is 3.79. The van der Waals surface area contributed by atoms with Gasteiger partial charge in [-0.3, -0.25) is 0 Å². The number of nitrogens with zero attached hydrogens (tertiary/aromatic N) is 2. The Bertz CT molecular complexity index is 406. The zero-order chi connectivity index (χ0) is 9.26. The third-order valence-corrected chi connectivity index (χ3v) is 1.70. The molecule has 0 saturated heterocycles. The molecule has 5 heteroatoms. The molecule has 0 unspecified atom stereocenters. The lowest BCUT2D eigenvalue weighted by Gasteiger charge is -2.00. The molecule has 0 fully saturated rings. The Morgan fingerprint density at radius 1 is 1.23 bits per heavy atom. The van der Waals surface area contributed by atoms with Crippen LogP contribution >= 0.6 is 0 Å². The predicted molar refractivity (Wildman–Crippen MR) is 50.6 cm³/mol. The summed E-state index contributed by atoms with van der Waals surface area (Å²) in [6.45, 7) is 0. The van der Waals surface area contributed by atoms with Crippen LogP contribution in [0.15, 0.2) is 24.5 Å². The molecule has 5 nitrogen and oxygen atoms in total. The van der Waals surface area contributed by atoms with E-state index in [2.05, 4.69) is 15.0 Å². The van der Waals surface area contributed by atoms with E-state index in [9.17, 15) is 0 Å². The number of rotatable bonds is 1. The maximum absolute atomic E-state index is 5.55. The summed E-state index contributed by atoms with van der Waals surface area (Å²) in [5.41, 5.74) is 12.2. The maximum atomic E-state index is 5.55. The molecule has 0 atom stereocenters. The second-order valence-electron chi connectivity index (χ2n) is 2.61. The number of nitrogen functional groups attached to an aromatic ring is 2. The van der Waals surface area contributed by atoms with E-state index in [4.69, 9.17) is 11.5 Å². The lowest BCUT2D eigenvalue weighted by molar-refractivity contribution is 1.23. The molecule has 0 spiro atoms. The smallest absolute Gasteiger partial charge is 0.156 e. The zero-order valence-electron chi connectivity index (χ0n) is 6.86. The van der Waals surface area contributed by atoms with Gasteiger partial charge >= 0.3 is 0 Å². The topological polar surface area (TPSA) is 93.6 Å². The Balaban J connectivity index is 2.49. The van der Waals surface area contributed by atoms with Crippen molar-refractivity contribution in [3.8, 4) is 11.5 Å². The Labute approximate surface area is 74.8 Å². The van der Waals surface area contributed by atoms with Gasteiger partial charge in [-0.05, 0) is 12.1 Å². The molecule has 0 amide bonds. The van der Waals surface area contributed by atoms with Gasteiger partial charge in [-0.15, -0.1) is 0 Å². The van der Waals surface area contributed by atoms with Crippen LogP contribution < -0.4 is 11.5 Å². The largest absolute Gasteiger partial charge is 0.396 e. The van der Waals surface area contributed by atoms with Crippen molar-refractivity contribution in [1.82, 2.24) is 15.0 Å². The number of hydrogen-bond donors (Lipinski definition) is 3. The third kappa shape index (κ3) is 1.31. The van der Waals surface area contributed by atoms with E-state index in [1.165, 1.54) is 0 Å². The highest BCUT2D eigenvalue weighted by molar-refractivity contribution is 5.63. The highest BCUT2D eigenvalue weighted by Gasteiger charge is 2.03. The zero-order valence-corrected chi connectivity index (χ0v) is 6.86. The van der Waals surface area contributed by atoms with Crippen molar-refractivity contribution in [3.63, 3.8) is 0 Å². The molecule has 0 aliphatic heterocycles. The molecular weight excluding hydrogens is 166 g/mol. The summed E-state index contributed by atoms with van der Waals surface area (Å²) in [4.78, 5) is 11.0. The van der Waals surface area contributed by atoms with Crippen LogP contribution in [0.1, 0.15) is 0 Å². The van der Waals surface area contributed by atoms with Gasteiger partial charge in [-0.2, -0.15) is 0 Å². The number of imidazole rings is 1. The fourth-order valence-corrected chi connectivity index (χ4v) is 1.02. The molecule has 2 aromatic heterocycles. The van der Waals surface area contributed by atoms with Crippen molar-refractivity contribution >= 4 is 11.5 Å². The first-order chi connectivity index (χ1) is 6.27. The quantitative estimate of drug-likeness (QED) is 0.592. The van der Waals surface area contributed by atoms with E-state index >= 15 is 0 Å². The van der Waals surface area contributed by atoms with Crippen LogP contribution in [0.2, 0.25) is 0 Å². The minimum absolute atomic E-state index is 0.328. The molecule has 0 saturated carbocycles. The number of H-pyrrole nitrogens is 1. The monoisotopic (exact) mass is 175 g/mol. The number of anilines is 2. The Morgan fingerprint density at radius 3 is 2.69 bits per heavy atom. The number of pyridine rings is 1. The maximum Gasteiger partial charge on any atom is 0.156 e. The van der Waals surface area contributed by atoms with E-state index in [-0.39, 0.29) is 0 Å². The number of nitrogens with one attached hydrogen (secondary N) is 1. The average molecular weight is 175 g/mol. The Hall–Kier alpha value is -2.04. The van der Waals surface area contributed by atoms with Crippen LogP contribution in [0.3, 0.4) is 0 Å². The highest BCUT2D eigenvalue weighted by Crippen LogP contribution is 2.17. The first kappa shape index (κ1) is 7.60. The molecule has 2 rings (SSSR count). The molecule has 0 bridgehead atoms. The van der Waals surface area contributed by atoms with Crippen molar-refractivity contribution in [1.29, 1.82) is 0 Å². The lowest BCUT2D eigenvalue weighted by atomic mass is 10.3. The number of nitrogens with two attached hydrogens (primary N) is 2. The first-order valence-corrected chi connectivity index (χ1v) is 3.79. The molecular formula is C8H9N5. The van der Waals surface area contributed by atoms with Gasteiger partial charge in [0, 0.05) is 12.4 Å². The van der Waals surface area contributed by atoms with Crippen LogP contribution in [-0.2, 0) is 0 Å². The van der Waals surface area contributed by atoms with Gasteiger partial charge in [0.2, 0.25) is 0 Å². The van der Waals surface area contributed by atoms with Gasteiger partial charge in [-0.25, -0.2) is 9.97 Å². The summed E-state index contributed by atoms with van der Waals surface area (Å²) >= 11 is 0. The Kier molecular flexibility index (Phi) is 1.63. The summed E-state index contributed by atoms with van der Waals surface area (Å²) < 4.78 is 0. The summed E-state index contributed by atoms with van der Waals surface area (Å²) in [5.74, 6) is 1.01. The molecule has 0 radical (unpaired) electrons. The van der Waals surface area contributed by atoms with Gasteiger partial charge in [-0.1, -0.05) is 0 Å². The minimum atomic E-state index is 0.328. The second-order valence-corrected chi connectivity index (χ2v) is 2.61. The molecule has 0 aliphatic rings. The normalized spacial score (nSPS) is 10.2. The standard InChI is InChI=1S/C8H9N5/c9-5-1-2-6(13-7(5)10)8-11-3-4-12-8/h1-4H,9H2,(H2,10,13)(H,11,12). The summed E-state index contributed by atoms with van der Waals surface area (Å²) in [6.07, 6.45) is 3.38. The van der Waals surface area contributed by atoms with E-state index in [1.54, 1.807) is 24.5 Å². The van der Waals surface area contributed by atoms with Gasteiger partial charge in [0.05, 0.1) is 5.69 Å². The molecule has 5 N–H and O–H groups in total. The van der Waals surface area contributed by atoms with E-state index in [1.807, 2.05) is 0 Å². The predicted octanol–water partition coefficient (Wildman–Crippen LogP) is 0.636.